The van der Waals surface area contributed by atoms with Gasteiger partial charge in [-0.25, -0.2) is 4.98 Å². The number of anilines is 1. The summed E-state index contributed by atoms with van der Waals surface area (Å²) in [4.78, 5) is 33.9. The molecule has 0 saturated heterocycles. The number of ketones is 1. The summed E-state index contributed by atoms with van der Waals surface area (Å²) in [7, 11) is 0. The number of rotatable bonds is 4. The smallest absolute Gasteiger partial charge is 0.254 e. The fourth-order valence-electron chi connectivity index (χ4n) is 4.43. The van der Waals surface area contributed by atoms with Crippen LogP contribution in [0, 0.1) is 19.3 Å². The lowest BCUT2D eigenvalue weighted by Crippen LogP contribution is -2.28. The molecule has 3 N–H and O–H groups in total. The SMILES string of the molecule is Cc1c2c(n(-c3ncc(C(N)=O)c(NC4CC=CC4)n3)c1C)CC(C)(C)CC2=O. The van der Waals surface area contributed by atoms with Crippen LogP contribution in [0.1, 0.15) is 70.8 Å². The molecule has 0 aliphatic heterocycles. The van der Waals surface area contributed by atoms with E-state index in [0.717, 1.165) is 41.8 Å². The Kier molecular flexibility index (Phi) is 4.56. The lowest BCUT2D eigenvalue weighted by atomic mass is 9.75. The van der Waals surface area contributed by atoms with Gasteiger partial charge in [-0.2, -0.15) is 4.98 Å². The molecule has 7 nitrogen and oxygen atoms in total. The van der Waals surface area contributed by atoms with Crippen LogP contribution in [0.15, 0.2) is 18.3 Å². The molecule has 2 aliphatic carbocycles. The second-order valence-corrected chi connectivity index (χ2v) is 8.89. The number of carbonyl (C=O) groups is 2. The summed E-state index contributed by atoms with van der Waals surface area (Å²) in [6.45, 7) is 8.16. The molecule has 2 heterocycles. The number of nitrogens with zero attached hydrogens (tertiary/aromatic N) is 3. The highest BCUT2D eigenvalue weighted by Gasteiger charge is 2.36. The summed E-state index contributed by atoms with van der Waals surface area (Å²) >= 11 is 0. The van der Waals surface area contributed by atoms with Crippen molar-refractivity contribution in [1.29, 1.82) is 0 Å². The third-order valence-electron chi connectivity index (χ3n) is 5.97. The Morgan fingerprint density at radius 3 is 2.59 bits per heavy atom. The zero-order valence-electron chi connectivity index (χ0n) is 17.4. The number of fused-ring (bicyclic) bond motifs is 1. The molecular weight excluding hydrogens is 366 g/mol. The second-order valence-electron chi connectivity index (χ2n) is 8.89. The zero-order chi connectivity index (χ0) is 20.9. The van der Waals surface area contributed by atoms with Crippen molar-refractivity contribution >= 4 is 17.5 Å². The summed E-state index contributed by atoms with van der Waals surface area (Å²) in [5.41, 5.74) is 9.35. The lowest BCUT2D eigenvalue weighted by Gasteiger charge is -2.29. The van der Waals surface area contributed by atoms with Crippen LogP contribution in [-0.4, -0.2) is 32.3 Å². The predicted octanol–water partition coefficient (Wildman–Crippen LogP) is 3.27. The first-order chi connectivity index (χ1) is 13.7. The quantitative estimate of drug-likeness (QED) is 0.776. The van der Waals surface area contributed by atoms with E-state index in [1.54, 1.807) is 0 Å². The number of carbonyl (C=O) groups excluding carboxylic acids is 2. The highest BCUT2D eigenvalue weighted by Crippen LogP contribution is 2.39. The normalized spacial score (nSPS) is 18.1. The van der Waals surface area contributed by atoms with Crippen LogP contribution in [0.4, 0.5) is 5.82 Å². The summed E-state index contributed by atoms with van der Waals surface area (Å²) in [5, 5.41) is 3.34. The Bertz CT molecular complexity index is 1040. The first-order valence-corrected chi connectivity index (χ1v) is 10.0. The van der Waals surface area contributed by atoms with E-state index in [0.29, 0.717) is 18.2 Å². The molecule has 0 fully saturated rings. The van der Waals surface area contributed by atoms with Crippen molar-refractivity contribution in [3.63, 3.8) is 0 Å². The van der Waals surface area contributed by atoms with E-state index < -0.39 is 5.91 Å². The van der Waals surface area contributed by atoms with Gasteiger partial charge in [-0.1, -0.05) is 26.0 Å². The van der Waals surface area contributed by atoms with E-state index in [9.17, 15) is 9.59 Å². The molecule has 0 atom stereocenters. The minimum absolute atomic E-state index is 0.122. The number of nitrogens with two attached hydrogens (primary N) is 1. The van der Waals surface area contributed by atoms with Gasteiger partial charge in [0.1, 0.15) is 5.82 Å². The van der Waals surface area contributed by atoms with E-state index in [1.807, 2.05) is 18.4 Å². The molecule has 2 aromatic rings. The standard InChI is InChI=1S/C22H27N5O2/c1-12-13(2)27(16-9-22(3,4)10-17(28)18(12)16)21-24-11-15(19(23)29)20(26-21)25-14-7-5-6-8-14/h5-6,11,14H,7-10H2,1-4H3,(H2,23,29)(H,24,25,26). The number of hydrogen-bond donors (Lipinski definition) is 2. The Labute approximate surface area is 170 Å². The average molecular weight is 393 g/mol. The molecule has 4 rings (SSSR count). The number of nitrogens with one attached hydrogen (secondary N) is 1. The maximum atomic E-state index is 12.8. The Morgan fingerprint density at radius 2 is 1.93 bits per heavy atom. The van der Waals surface area contributed by atoms with Gasteiger partial charge >= 0.3 is 0 Å². The third kappa shape index (κ3) is 3.34. The van der Waals surface area contributed by atoms with Gasteiger partial charge in [0, 0.05) is 35.6 Å². The fraction of sp³-hybridized carbons (Fsp3) is 0.455. The van der Waals surface area contributed by atoms with Gasteiger partial charge in [0.15, 0.2) is 5.78 Å². The van der Waals surface area contributed by atoms with Gasteiger partial charge in [0.2, 0.25) is 5.95 Å². The van der Waals surface area contributed by atoms with Gasteiger partial charge in [0.25, 0.3) is 5.91 Å². The molecule has 29 heavy (non-hydrogen) atoms. The van der Waals surface area contributed by atoms with E-state index in [4.69, 9.17) is 5.73 Å². The second kappa shape index (κ2) is 6.83. The van der Waals surface area contributed by atoms with Gasteiger partial charge in [-0.3, -0.25) is 14.2 Å². The predicted molar refractivity (Wildman–Crippen MR) is 112 cm³/mol. The molecule has 0 unspecified atom stereocenters. The molecule has 0 radical (unpaired) electrons. The largest absolute Gasteiger partial charge is 0.366 e. The maximum absolute atomic E-state index is 12.8. The van der Waals surface area contributed by atoms with Gasteiger partial charge in [-0.15, -0.1) is 0 Å². The molecule has 2 aromatic heterocycles. The van der Waals surface area contributed by atoms with E-state index in [2.05, 4.69) is 41.3 Å². The lowest BCUT2D eigenvalue weighted by molar-refractivity contribution is 0.0909. The van der Waals surface area contributed by atoms with Crippen LogP contribution in [0.2, 0.25) is 0 Å². The molecule has 1 amide bonds. The van der Waals surface area contributed by atoms with E-state index in [1.165, 1.54) is 6.20 Å². The molecule has 152 valence electrons. The van der Waals surface area contributed by atoms with Crippen molar-refractivity contribution in [3.8, 4) is 5.95 Å². The van der Waals surface area contributed by atoms with Crippen molar-refractivity contribution in [3.05, 3.63) is 46.4 Å². The molecule has 0 bridgehead atoms. The molecule has 7 heteroatoms. The first kappa shape index (κ1) is 19.4. The number of hydrogen-bond acceptors (Lipinski definition) is 5. The summed E-state index contributed by atoms with van der Waals surface area (Å²) < 4.78 is 1.96. The maximum Gasteiger partial charge on any atom is 0.254 e. The number of primary amides is 1. The van der Waals surface area contributed by atoms with Crippen molar-refractivity contribution in [2.24, 2.45) is 11.1 Å². The van der Waals surface area contributed by atoms with Gasteiger partial charge < -0.3 is 11.1 Å². The number of aromatic nitrogens is 3. The highest BCUT2D eigenvalue weighted by atomic mass is 16.1. The van der Waals surface area contributed by atoms with Crippen LogP contribution >= 0.6 is 0 Å². The Balaban J connectivity index is 1.84. The van der Waals surface area contributed by atoms with Gasteiger partial charge in [0.05, 0.1) is 5.56 Å². The van der Waals surface area contributed by atoms with Crippen LogP contribution in [0.3, 0.4) is 0 Å². The molecule has 0 spiro atoms. The molecular formula is C22H27N5O2. The number of amides is 1. The average Bonchev–Trinajstić information content (AvgIpc) is 3.21. The van der Waals surface area contributed by atoms with Crippen LogP contribution in [0.5, 0.6) is 0 Å². The monoisotopic (exact) mass is 393 g/mol. The molecule has 2 aliphatic rings. The zero-order valence-corrected chi connectivity index (χ0v) is 17.4. The van der Waals surface area contributed by atoms with Crippen LogP contribution in [0.25, 0.3) is 5.95 Å². The fourth-order valence-corrected chi connectivity index (χ4v) is 4.43. The van der Waals surface area contributed by atoms with Crippen LogP contribution < -0.4 is 11.1 Å². The minimum atomic E-state index is -0.566. The third-order valence-corrected chi connectivity index (χ3v) is 5.97. The Morgan fingerprint density at radius 1 is 1.24 bits per heavy atom. The van der Waals surface area contributed by atoms with Crippen molar-refractivity contribution in [1.82, 2.24) is 14.5 Å². The topological polar surface area (TPSA) is 103 Å². The van der Waals surface area contributed by atoms with Crippen molar-refractivity contribution in [2.45, 2.75) is 59.4 Å². The summed E-state index contributed by atoms with van der Waals surface area (Å²) in [5.74, 6) is 0.497. The molecule has 0 aromatic carbocycles. The highest BCUT2D eigenvalue weighted by molar-refractivity contribution is 6.01. The van der Waals surface area contributed by atoms with Crippen molar-refractivity contribution in [2.75, 3.05) is 5.32 Å². The summed E-state index contributed by atoms with van der Waals surface area (Å²) in [6.07, 6.45) is 8.73. The molecule has 0 saturated carbocycles. The first-order valence-electron chi connectivity index (χ1n) is 10.0. The summed E-state index contributed by atoms with van der Waals surface area (Å²) in [6, 6.07) is 0.178. The Hall–Kier alpha value is -2.96. The van der Waals surface area contributed by atoms with Crippen molar-refractivity contribution < 1.29 is 9.59 Å². The van der Waals surface area contributed by atoms with Gasteiger partial charge in [-0.05, 0) is 44.1 Å². The minimum Gasteiger partial charge on any atom is -0.366 e. The number of Topliss-reactive ketones (excluding diaryl/α,β-unsaturated/α-hetero) is 1. The van der Waals surface area contributed by atoms with E-state index in [-0.39, 0.29) is 22.8 Å². The van der Waals surface area contributed by atoms with Crippen LogP contribution in [-0.2, 0) is 6.42 Å². The van der Waals surface area contributed by atoms with E-state index >= 15 is 0 Å².